The molecule has 1 aliphatic heterocycles. The lowest BCUT2D eigenvalue weighted by Gasteiger charge is -2.12. The van der Waals surface area contributed by atoms with Crippen LogP contribution in [0.15, 0.2) is 39.7 Å². The number of nitrogens with one attached hydrogen (secondary N) is 1. The summed E-state index contributed by atoms with van der Waals surface area (Å²) in [5, 5.41) is 0. The van der Waals surface area contributed by atoms with Gasteiger partial charge in [0.25, 0.3) is 0 Å². The number of hydrazine groups is 1. The fourth-order valence-electron chi connectivity index (χ4n) is 1.34. The molecule has 1 heterocycles. The molecule has 0 saturated heterocycles. The van der Waals surface area contributed by atoms with Gasteiger partial charge >= 0.3 is 0 Å². The van der Waals surface area contributed by atoms with Crippen molar-refractivity contribution in [2.24, 2.45) is 21.7 Å². The predicted molar refractivity (Wildman–Crippen MR) is 63.4 cm³/mol. The van der Waals surface area contributed by atoms with Crippen molar-refractivity contribution in [2.45, 2.75) is 20.8 Å². The van der Waals surface area contributed by atoms with Crippen LogP contribution in [0.2, 0.25) is 0 Å². The summed E-state index contributed by atoms with van der Waals surface area (Å²) in [6.45, 7) is 6.10. The van der Waals surface area contributed by atoms with Gasteiger partial charge in [-0.2, -0.15) is 4.99 Å². The molecule has 0 saturated carbocycles. The second-order valence-corrected chi connectivity index (χ2v) is 3.45. The van der Waals surface area contributed by atoms with E-state index >= 15 is 0 Å². The van der Waals surface area contributed by atoms with Gasteiger partial charge in [-0.15, -0.1) is 0 Å². The molecule has 0 aromatic heterocycles. The smallest absolute Gasteiger partial charge is 0.158 e. The minimum atomic E-state index is 0.311. The van der Waals surface area contributed by atoms with Crippen LogP contribution in [0, 0.1) is 5.92 Å². The Morgan fingerprint density at radius 3 is 2.80 bits per heavy atom. The van der Waals surface area contributed by atoms with Crippen LogP contribution in [0.4, 0.5) is 0 Å². The molecule has 0 aromatic carbocycles. The van der Waals surface area contributed by atoms with Crippen LogP contribution in [0.1, 0.15) is 20.8 Å². The fraction of sp³-hybridized carbons (Fsp3) is 0.364. The molecule has 0 bridgehead atoms. The van der Waals surface area contributed by atoms with E-state index in [1.54, 1.807) is 6.20 Å². The van der Waals surface area contributed by atoms with Gasteiger partial charge in [0.2, 0.25) is 0 Å². The van der Waals surface area contributed by atoms with E-state index in [4.69, 9.17) is 5.84 Å². The molecule has 0 fully saturated rings. The van der Waals surface area contributed by atoms with Crippen LogP contribution in [-0.2, 0) is 0 Å². The highest BCUT2D eigenvalue weighted by atomic mass is 15.3. The molecule has 0 unspecified atom stereocenters. The van der Waals surface area contributed by atoms with E-state index in [9.17, 15) is 0 Å². The lowest BCUT2D eigenvalue weighted by atomic mass is 9.99. The Balaban J connectivity index is 3.27. The molecule has 3 N–H and O–H groups in total. The second kappa shape index (κ2) is 5.29. The number of aliphatic imine (C=N–C) groups is 2. The summed E-state index contributed by atoms with van der Waals surface area (Å²) in [5.41, 5.74) is 4.43. The van der Waals surface area contributed by atoms with Gasteiger partial charge in [-0.05, 0) is 12.8 Å². The first-order valence-electron chi connectivity index (χ1n) is 4.90. The largest absolute Gasteiger partial charge is 0.307 e. The molecule has 80 valence electrons. The maximum Gasteiger partial charge on any atom is 0.158 e. The molecule has 15 heavy (non-hydrogen) atoms. The van der Waals surface area contributed by atoms with Crippen molar-refractivity contribution in [1.82, 2.24) is 5.43 Å². The zero-order valence-corrected chi connectivity index (χ0v) is 9.28. The minimum absolute atomic E-state index is 0.311. The van der Waals surface area contributed by atoms with E-state index in [0.717, 1.165) is 11.3 Å². The van der Waals surface area contributed by atoms with Crippen LogP contribution >= 0.6 is 0 Å². The van der Waals surface area contributed by atoms with E-state index < -0.39 is 0 Å². The van der Waals surface area contributed by atoms with Crippen molar-refractivity contribution in [1.29, 1.82) is 0 Å². The van der Waals surface area contributed by atoms with Crippen molar-refractivity contribution in [3.05, 3.63) is 29.7 Å². The van der Waals surface area contributed by atoms with Gasteiger partial charge in [-0.1, -0.05) is 26.0 Å². The summed E-state index contributed by atoms with van der Waals surface area (Å²) in [6.07, 6.45) is 5.44. The molecule has 1 rings (SSSR count). The third-order valence-electron chi connectivity index (χ3n) is 1.99. The molecule has 0 spiro atoms. The maximum absolute atomic E-state index is 5.41. The van der Waals surface area contributed by atoms with Crippen molar-refractivity contribution >= 4 is 11.6 Å². The van der Waals surface area contributed by atoms with Gasteiger partial charge in [0, 0.05) is 11.4 Å². The Hall–Kier alpha value is -1.64. The van der Waals surface area contributed by atoms with Crippen LogP contribution < -0.4 is 11.3 Å². The Morgan fingerprint density at radius 1 is 1.53 bits per heavy atom. The number of hydrogen-bond acceptors (Lipinski definition) is 4. The normalized spacial score (nSPS) is 16.2. The van der Waals surface area contributed by atoms with Gasteiger partial charge in [0.15, 0.2) is 5.82 Å². The summed E-state index contributed by atoms with van der Waals surface area (Å²) in [7, 11) is 0. The fourth-order valence-corrected chi connectivity index (χ4v) is 1.34. The summed E-state index contributed by atoms with van der Waals surface area (Å²) in [6, 6.07) is 0. The van der Waals surface area contributed by atoms with Gasteiger partial charge in [-0.25, -0.2) is 5.84 Å². The van der Waals surface area contributed by atoms with E-state index in [2.05, 4.69) is 35.1 Å². The molecule has 0 atom stereocenters. The van der Waals surface area contributed by atoms with Crippen LogP contribution in [0.3, 0.4) is 0 Å². The first-order chi connectivity index (χ1) is 7.20. The Morgan fingerprint density at radius 2 is 2.27 bits per heavy atom. The van der Waals surface area contributed by atoms with E-state index in [0.29, 0.717) is 11.7 Å². The second-order valence-electron chi connectivity index (χ2n) is 3.45. The van der Waals surface area contributed by atoms with Crippen LogP contribution in [0.5, 0.6) is 0 Å². The molecule has 0 aromatic rings. The zero-order chi connectivity index (χ0) is 11.3. The molecular formula is C11H16N4. The lowest BCUT2D eigenvalue weighted by molar-refractivity contribution is 0.849. The molecule has 0 radical (unpaired) electrons. The summed E-state index contributed by atoms with van der Waals surface area (Å²) < 4.78 is 0. The average molecular weight is 204 g/mol. The highest BCUT2D eigenvalue weighted by molar-refractivity contribution is 6.05. The van der Waals surface area contributed by atoms with E-state index in [-0.39, 0.29) is 0 Å². The van der Waals surface area contributed by atoms with E-state index in [1.807, 2.05) is 19.1 Å². The summed E-state index contributed by atoms with van der Waals surface area (Å²) >= 11 is 0. The SMILES string of the molecule is C/C=C\C1=C(NN)N=C=CN=C1C(C)C. The maximum atomic E-state index is 5.41. The van der Waals surface area contributed by atoms with Crippen molar-refractivity contribution in [2.75, 3.05) is 0 Å². The van der Waals surface area contributed by atoms with E-state index in [1.165, 1.54) is 0 Å². The summed E-state index contributed by atoms with van der Waals surface area (Å²) in [5.74, 6) is 9.01. The zero-order valence-electron chi connectivity index (χ0n) is 9.28. The topological polar surface area (TPSA) is 62.8 Å². The Kier molecular flexibility index (Phi) is 4.03. The molecule has 4 heteroatoms. The van der Waals surface area contributed by atoms with Gasteiger partial charge in [0.1, 0.15) is 0 Å². The standard InChI is InChI=1S/C11H16N4/c1-4-5-9-10(8(2)3)13-6-7-14-11(9)15-12/h4-6,8,15H,12H2,1-3H3/b5-4-. The van der Waals surface area contributed by atoms with Crippen molar-refractivity contribution < 1.29 is 0 Å². The Labute approximate surface area is 90.0 Å². The summed E-state index contributed by atoms with van der Waals surface area (Å²) in [4.78, 5) is 8.35. The van der Waals surface area contributed by atoms with Crippen LogP contribution in [0.25, 0.3) is 0 Å². The third-order valence-corrected chi connectivity index (χ3v) is 1.99. The molecule has 0 aliphatic carbocycles. The van der Waals surface area contributed by atoms with Crippen molar-refractivity contribution in [3.8, 4) is 0 Å². The van der Waals surface area contributed by atoms with Crippen molar-refractivity contribution in [3.63, 3.8) is 0 Å². The molecular weight excluding hydrogens is 188 g/mol. The first kappa shape index (κ1) is 11.4. The minimum Gasteiger partial charge on any atom is -0.307 e. The third kappa shape index (κ3) is 2.65. The number of nitrogens with zero attached hydrogens (tertiary/aromatic N) is 2. The van der Waals surface area contributed by atoms with Gasteiger partial charge in [-0.3, -0.25) is 4.99 Å². The van der Waals surface area contributed by atoms with Gasteiger partial charge < -0.3 is 5.43 Å². The quantitative estimate of drug-likeness (QED) is 0.541. The predicted octanol–water partition coefficient (Wildman–Crippen LogP) is 1.53. The molecule has 0 amide bonds. The Bertz CT molecular complexity index is 379. The number of nitrogens with two attached hydrogens (primary N) is 1. The van der Waals surface area contributed by atoms with Crippen LogP contribution in [-0.4, -0.2) is 11.6 Å². The number of hydrogen-bond donors (Lipinski definition) is 2. The first-order valence-corrected chi connectivity index (χ1v) is 4.90. The highest BCUT2D eigenvalue weighted by Gasteiger charge is 2.14. The highest BCUT2D eigenvalue weighted by Crippen LogP contribution is 2.15. The molecule has 1 aliphatic rings. The molecule has 4 nitrogen and oxygen atoms in total. The number of allylic oxidation sites excluding steroid dienone is 3. The lowest BCUT2D eigenvalue weighted by Crippen LogP contribution is -2.24. The van der Waals surface area contributed by atoms with Gasteiger partial charge in [0.05, 0.1) is 11.9 Å². The number of rotatable bonds is 3. The monoisotopic (exact) mass is 204 g/mol. The average Bonchev–Trinajstić information content (AvgIpc) is 2.40.